The first-order chi connectivity index (χ1) is 21.0. The summed E-state index contributed by atoms with van der Waals surface area (Å²) in [4.78, 5) is 15.0. The summed E-state index contributed by atoms with van der Waals surface area (Å²) in [6.07, 6.45) is 6.19. The van der Waals surface area contributed by atoms with E-state index in [0.29, 0.717) is 34.9 Å². The summed E-state index contributed by atoms with van der Waals surface area (Å²) in [7, 11) is 0. The first kappa shape index (κ1) is 27.2. The molecular weight excluding hydrogens is 524 g/mol. The Morgan fingerprint density at radius 3 is 1.65 bits per heavy atom. The van der Waals surface area contributed by atoms with Crippen LogP contribution in [0.4, 0.5) is 0 Å². The molecule has 4 nitrogen and oxygen atoms in total. The second-order valence-corrected chi connectivity index (χ2v) is 13.0. The van der Waals surface area contributed by atoms with Crippen molar-refractivity contribution in [3.05, 3.63) is 114 Å². The van der Waals surface area contributed by atoms with Crippen LogP contribution in [0.25, 0.3) is 45.3 Å². The molecule has 4 heteroatoms. The molecule has 1 aromatic heterocycles. The Morgan fingerprint density at radius 2 is 1.07 bits per heavy atom. The molecule has 4 atom stereocenters. The van der Waals surface area contributed by atoms with Crippen LogP contribution in [-0.2, 0) is 5.41 Å². The number of nitriles is 1. The van der Waals surface area contributed by atoms with Crippen molar-refractivity contribution >= 4 is 0 Å². The molecule has 0 amide bonds. The van der Waals surface area contributed by atoms with Gasteiger partial charge in [0.1, 0.15) is 0 Å². The topological polar surface area (TPSA) is 62.5 Å². The van der Waals surface area contributed by atoms with Gasteiger partial charge >= 0.3 is 0 Å². The third kappa shape index (κ3) is 5.48. The van der Waals surface area contributed by atoms with E-state index < -0.39 is 0 Å². The summed E-state index contributed by atoms with van der Waals surface area (Å²) in [6.45, 7) is 4.80. The minimum atomic E-state index is 0.104. The molecule has 2 unspecified atom stereocenters. The van der Waals surface area contributed by atoms with Gasteiger partial charge in [-0.3, -0.25) is 0 Å². The van der Waals surface area contributed by atoms with Crippen molar-refractivity contribution in [1.82, 2.24) is 15.0 Å². The quantitative estimate of drug-likeness (QED) is 0.215. The van der Waals surface area contributed by atoms with Gasteiger partial charge in [0.05, 0.1) is 11.6 Å². The van der Waals surface area contributed by atoms with Gasteiger partial charge in [-0.25, -0.2) is 15.0 Å². The van der Waals surface area contributed by atoms with Crippen LogP contribution in [0.5, 0.6) is 0 Å². The van der Waals surface area contributed by atoms with Crippen molar-refractivity contribution < 1.29 is 0 Å². The second-order valence-electron chi connectivity index (χ2n) is 13.0. The molecule has 0 spiro atoms. The SMILES string of the molecule is C[C@@H]1CC2C[C@H](C)CC(c3cc(C#N)cc(-c4nc(-c5ccccc5)nc(-c5ccc(-c6ccccc6)cc5)n4)c3)(C2)C1. The highest BCUT2D eigenvalue weighted by atomic mass is 15.0. The summed E-state index contributed by atoms with van der Waals surface area (Å²) in [5.74, 6) is 4.00. The first-order valence-corrected chi connectivity index (χ1v) is 15.5. The standard InChI is InChI=1S/C39H36N4/c1-26-17-28-18-27(2)23-39(22-26,24-28)35-20-29(25-40)19-34(21-35)38-42-36(32-11-7-4-8-12-32)41-37(43-38)33-15-13-31(14-16-33)30-9-5-3-6-10-30/h3-16,19-21,26-28H,17-18,22-24H2,1-2H3/t26-,27+,28?,39?. The number of fused-ring (bicyclic) bond motifs is 2. The summed E-state index contributed by atoms with van der Waals surface area (Å²) in [5, 5.41) is 10.1. The number of hydrogen-bond donors (Lipinski definition) is 0. The van der Waals surface area contributed by atoms with Crippen LogP contribution in [-0.4, -0.2) is 15.0 Å². The van der Waals surface area contributed by atoms with Crippen LogP contribution in [0, 0.1) is 29.1 Å². The molecule has 2 bridgehead atoms. The summed E-state index contributed by atoms with van der Waals surface area (Å²) >= 11 is 0. The van der Waals surface area contributed by atoms with Crippen molar-refractivity contribution in [2.24, 2.45) is 17.8 Å². The monoisotopic (exact) mass is 560 g/mol. The van der Waals surface area contributed by atoms with Crippen LogP contribution in [0.1, 0.15) is 57.1 Å². The average molecular weight is 561 g/mol. The maximum atomic E-state index is 10.1. The normalized spacial score (nSPS) is 23.0. The zero-order valence-corrected chi connectivity index (χ0v) is 24.9. The molecule has 212 valence electrons. The van der Waals surface area contributed by atoms with Gasteiger partial charge in [-0.05, 0) is 90.2 Å². The van der Waals surface area contributed by atoms with E-state index in [2.05, 4.69) is 80.6 Å². The maximum absolute atomic E-state index is 10.1. The minimum Gasteiger partial charge on any atom is -0.208 e. The van der Waals surface area contributed by atoms with Gasteiger partial charge < -0.3 is 0 Å². The van der Waals surface area contributed by atoms with Crippen LogP contribution >= 0.6 is 0 Å². The fraction of sp³-hybridized carbons (Fsp3) is 0.282. The van der Waals surface area contributed by atoms with Crippen molar-refractivity contribution in [2.45, 2.75) is 51.4 Å². The maximum Gasteiger partial charge on any atom is 0.164 e. The molecule has 0 radical (unpaired) electrons. The highest BCUT2D eigenvalue weighted by molar-refractivity contribution is 5.71. The summed E-state index contributed by atoms with van der Waals surface area (Å²) < 4.78 is 0. The molecule has 43 heavy (non-hydrogen) atoms. The van der Waals surface area contributed by atoms with E-state index in [1.54, 1.807) is 0 Å². The van der Waals surface area contributed by atoms with Gasteiger partial charge in [-0.2, -0.15) is 5.26 Å². The van der Waals surface area contributed by atoms with Crippen molar-refractivity contribution in [3.8, 4) is 51.4 Å². The number of aromatic nitrogens is 3. The Kier molecular flexibility index (Phi) is 7.11. The molecule has 7 rings (SSSR count). The predicted octanol–water partition coefficient (Wildman–Crippen LogP) is 9.52. The zero-order chi connectivity index (χ0) is 29.4. The molecule has 2 aliphatic carbocycles. The minimum absolute atomic E-state index is 0.104. The Hall–Kier alpha value is -4.62. The second kappa shape index (κ2) is 11.2. The summed E-state index contributed by atoms with van der Waals surface area (Å²) in [6, 6.07) is 37.7. The highest BCUT2D eigenvalue weighted by Gasteiger charge is 2.45. The Morgan fingerprint density at radius 1 is 0.581 bits per heavy atom. The number of rotatable bonds is 5. The van der Waals surface area contributed by atoms with E-state index in [4.69, 9.17) is 15.0 Å². The lowest BCUT2D eigenvalue weighted by Crippen LogP contribution is -2.42. The van der Waals surface area contributed by atoms with Crippen molar-refractivity contribution in [2.75, 3.05) is 0 Å². The number of benzene rings is 4. The van der Waals surface area contributed by atoms with Crippen molar-refractivity contribution in [1.29, 1.82) is 5.26 Å². The summed E-state index contributed by atoms with van der Waals surface area (Å²) in [5.41, 5.74) is 7.13. The highest BCUT2D eigenvalue weighted by Crippen LogP contribution is 2.54. The van der Waals surface area contributed by atoms with Gasteiger partial charge in [0, 0.05) is 16.7 Å². The Labute approximate surface area is 254 Å². The van der Waals surface area contributed by atoms with Gasteiger partial charge in [0.2, 0.25) is 0 Å². The molecular formula is C39H36N4. The lowest BCUT2D eigenvalue weighted by Gasteiger charge is -2.50. The fourth-order valence-corrected chi connectivity index (χ4v) is 7.98. The Bertz CT molecular complexity index is 1770. The van der Waals surface area contributed by atoms with Gasteiger partial charge in [-0.1, -0.05) is 98.8 Å². The lowest BCUT2D eigenvalue weighted by molar-refractivity contribution is 0.0780. The molecule has 2 aliphatic rings. The molecule has 5 aromatic rings. The number of hydrogen-bond acceptors (Lipinski definition) is 4. The zero-order valence-electron chi connectivity index (χ0n) is 24.9. The molecule has 0 N–H and O–H groups in total. The third-order valence-corrected chi connectivity index (χ3v) is 9.48. The van der Waals surface area contributed by atoms with Gasteiger partial charge in [0.15, 0.2) is 17.5 Å². The molecule has 0 aliphatic heterocycles. The lowest BCUT2D eigenvalue weighted by atomic mass is 9.54. The van der Waals surface area contributed by atoms with Crippen LogP contribution in [0.3, 0.4) is 0 Å². The third-order valence-electron chi connectivity index (χ3n) is 9.48. The van der Waals surface area contributed by atoms with Crippen LogP contribution in [0.15, 0.2) is 103 Å². The number of nitrogens with zero attached hydrogens (tertiary/aromatic N) is 4. The van der Waals surface area contributed by atoms with E-state index in [1.807, 2.05) is 42.5 Å². The van der Waals surface area contributed by atoms with E-state index in [1.165, 1.54) is 43.2 Å². The average Bonchev–Trinajstić information content (AvgIpc) is 3.04. The first-order valence-electron chi connectivity index (χ1n) is 15.5. The molecule has 2 fully saturated rings. The van der Waals surface area contributed by atoms with Crippen molar-refractivity contribution in [3.63, 3.8) is 0 Å². The molecule has 1 heterocycles. The largest absolute Gasteiger partial charge is 0.208 e. The van der Waals surface area contributed by atoms with E-state index >= 15 is 0 Å². The van der Waals surface area contributed by atoms with Crippen LogP contribution in [0.2, 0.25) is 0 Å². The molecule has 2 saturated carbocycles. The molecule has 0 saturated heterocycles. The van der Waals surface area contributed by atoms with Gasteiger partial charge in [0.25, 0.3) is 0 Å². The van der Waals surface area contributed by atoms with Gasteiger partial charge in [-0.15, -0.1) is 0 Å². The smallest absolute Gasteiger partial charge is 0.164 e. The predicted molar refractivity (Wildman–Crippen MR) is 173 cm³/mol. The van der Waals surface area contributed by atoms with E-state index in [9.17, 15) is 5.26 Å². The fourth-order valence-electron chi connectivity index (χ4n) is 7.98. The Balaban J connectivity index is 1.35. The van der Waals surface area contributed by atoms with E-state index in [0.717, 1.165) is 28.2 Å². The van der Waals surface area contributed by atoms with E-state index in [-0.39, 0.29) is 5.41 Å². The molecule has 4 aromatic carbocycles. The van der Waals surface area contributed by atoms with Crippen LogP contribution < -0.4 is 0 Å².